The number of aryl methyl sites for hydroxylation is 2. The van der Waals surface area contributed by atoms with Gasteiger partial charge in [0, 0.05) is 5.69 Å². The zero-order valence-electron chi connectivity index (χ0n) is 21.4. The minimum absolute atomic E-state index is 0.231. The fraction of sp³-hybridized carbons (Fsp3) is 0.143. The average molecular weight is 694 g/mol. The fourth-order valence-electron chi connectivity index (χ4n) is 3.80. The molecule has 0 spiro atoms. The lowest BCUT2D eigenvalue weighted by atomic mass is 10.0. The van der Waals surface area contributed by atoms with Crippen LogP contribution in [0, 0.1) is 17.4 Å². The number of hydrogen-bond donors (Lipinski definition) is 2. The summed E-state index contributed by atoms with van der Waals surface area (Å²) in [7, 11) is 1.42. The summed E-state index contributed by atoms with van der Waals surface area (Å²) in [5.74, 6) is -1.45. The molecular weight excluding hydrogens is 672 g/mol. The molecule has 0 aliphatic carbocycles. The maximum atomic E-state index is 13.3. The number of rotatable bonds is 7. The van der Waals surface area contributed by atoms with Crippen LogP contribution in [0.15, 0.2) is 54.1 Å². The Balaban J connectivity index is 1.56. The molecule has 2 N–H and O–H groups in total. The number of anilines is 2. The third-order valence-electron chi connectivity index (χ3n) is 5.96. The van der Waals surface area contributed by atoms with Gasteiger partial charge >= 0.3 is 6.03 Å². The summed E-state index contributed by atoms with van der Waals surface area (Å²) in [4.78, 5) is 51.8. The lowest BCUT2D eigenvalue weighted by Crippen LogP contribution is -2.54. The molecule has 1 aliphatic rings. The summed E-state index contributed by atoms with van der Waals surface area (Å²) in [5, 5.41) is 5.55. The molecule has 0 saturated carbocycles. The first-order valence-corrected chi connectivity index (χ1v) is 13.6. The monoisotopic (exact) mass is 693 g/mol. The molecule has 0 atom stereocenters. The second kappa shape index (κ2) is 12.3. The predicted octanol–water partition coefficient (Wildman–Crippen LogP) is 5.91. The zero-order chi connectivity index (χ0) is 29.1. The fourth-order valence-corrected chi connectivity index (χ4v) is 4.87. The van der Waals surface area contributed by atoms with Crippen LogP contribution in [-0.4, -0.2) is 37.5 Å². The summed E-state index contributed by atoms with van der Waals surface area (Å²) in [6.45, 7) is 3.44. The molecule has 0 bridgehead atoms. The molecule has 3 aromatic carbocycles. The van der Waals surface area contributed by atoms with Gasteiger partial charge in [0.15, 0.2) is 18.1 Å². The van der Waals surface area contributed by atoms with Gasteiger partial charge in [0.05, 0.1) is 26.4 Å². The maximum absolute atomic E-state index is 13.3. The largest absolute Gasteiger partial charge is 0.493 e. The number of carbonyl (C=O) groups is 4. The number of ether oxygens (including phenoxy) is 2. The highest BCUT2D eigenvalue weighted by molar-refractivity contribution is 14.1. The van der Waals surface area contributed by atoms with Crippen LogP contribution in [0.4, 0.5) is 16.2 Å². The summed E-state index contributed by atoms with van der Waals surface area (Å²) in [6.07, 6.45) is 1.36. The number of nitrogens with one attached hydrogen (secondary N) is 2. The second-order valence-corrected chi connectivity index (χ2v) is 10.7. The molecule has 0 unspecified atom stereocenters. The van der Waals surface area contributed by atoms with Crippen LogP contribution in [0.5, 0.6) is 11.5 Å². The van der Waals surface area contributed by atoms with Crippen molar-refractivity contribution in [2.75, 3.05) is 23.9 Å². The lowest BCUT2D eigenvalue weighted by Gasteiger charge is -2.27. The summed E-state index contributed by atoms with van der Waals surface area (Å²) < 4.78 is 11.7. The van der Waals surface area contributed by atoms with E-state index in [4.69, 9.17) is 32.7 Å². The van der Waals surface area contributed by atoms with E-state index in [1.165, 1.54) is 19.3 Å². The summed E-state index contributed by atoms with van der Waals surface area (Å²) in [5.41, 5.74) is 2.90. The van der Waals surface area contributed by atoms with Gasteiger partial charge < -0.3 is 14.8 Å². The Morgan fingerprint density at radius 1 is 1.02 bits per heavy atom. The summed E-state index contributed by atoms with van der Waals surface area (Å²) >= 11 is 13.9. The summed E-state index contributed by atoms with van der Waals surface area (Å²) in [6, 6.07) is 12.2. The molecule has 5 amide bonds. The van der Waals surface area contributed by atoms with Gasteiger partial charge in [-0.1, -0.05) is 29.3 Å². The number of nitrogens with zero attached hydrogens (tertiary/aromatic N) is 1. The zero-order valence-corrected chi connectivity index (χ0v) is 25.1. The van der Waals surface area contributed by atoms with Crippen molar-refractivity contribution in [1.29, 1.82) is 0 Å². The molecule has 3 aromatic rings. The van der Waals surface area contributed by atoms with Crippen LogP contribution in [-0.2, 0) is 14.4 Å². The standard InChI is InChI=1S/C28H22Cl2IN3O6/c1-14-4-6-18(8-15(14)2)34-27(37)19(26(36)33-28(34)38)9-16-10-22(31)25(23(11-16)39-3)40-13-24(35)32-17-5-7-20(29)21(30)12-17/h4-12H,13H2,1-3H3,(H,32,35)(H,33,36,38)/b19-9-. The van der Waals surface area contributed by atoms with E-state index >= 15 is 0 Å². The van der Waals surface area contributed by atoms with Crippen LogP contribution in [0.1, 0.15) is 16.7 Å². The van der Waals surface area contributed by atoms with Crippen molar-refractivity contribution in [3.8, 4) is 11.5 Å². The van der Waals surface area contributed by atoms with Crippen LogP contribution in [0.2, 0.25) is 10.0 Å². The third-order valence-corrected chi connectivity index (χ3v) is 7.50. The van der Waals surface area contributed by atoms with Gasteiger partial charge in [0.25, 0.3) is 17.7 Å². The van der Waals surface area contributed by atoms with Crippen LogP contribution >= 0.6 is 45.8 Å². The average Bonchev–Trinajstić information content (AvgIpc) is 2.89. The van der Waals surface area contributed by atoms with Crippen molar-refractivity contribution in [2.45, 2.75) is 13.8 Å². The number of urea groups is 1. The Hall–Kier alpha value is -3.61. The number of halogens is 3. The molecule has 206 valence electrons. The van der Waals surface area contributed by atoms with E-state index in [0.29, 0.717) is 36.3 Å². The Labute approximate surface area is 253 Å². The number of carbonyl (C=O) groups excluding carboxylic acids is 4. The van der Waals surface area contributed by atoms with Gasteiger partial charge in [0.1, 0.15) is 5.57 Å². The van der Waals surface area contributed by atoms with Gasteiger partial charge in [-0.2, -0.15) is 0 Å². The molecule has 0 aromatic heterocycles. The Morgan fingerprint density at radius 3 is 2.45 bits per heavy atom. The van der Waals surface area contributed by atoms with Gasteiger partial charge in [-0.25, -0.2) is 9.69 Å². The van der Waals surface area contributed by atoms with E-state index in [9.17, 15) is 19.2 Å². The number of hydrogen-bond acceptors (Lipinski definition) is 6. The van der Waals surface area contributed by atoms with Gasteiger partial charge in [-0.15, -0.1) is 0 Å². The van der Waals surface area contributed by atoms with E-state index in [1.807, 2.05) is 36.4 Å². The highest BCUT2D eigenvalue weighted by Gasteiger charge is 2.37. The first kappa shape index (κ1) is 29.4. The van der Waals surface area contributed by atoms with E-state index in [-0.39, 0.29) is 17.9 Å². The predicted molar refractivity (Wildman–Crippen MR) is 161 cm³/mol. The van der Waals surface area contributed by atoms with Crippen molar-refractivity contribution < 1.29 is 28.7 Å². The van der Waals surface area contributed by atoms with E-state index < -0.39 is 23.8 Å². The molecule has 0 radical (unpaired) electrons. The number of amides is 5. The molecule has 40 heavy (non-hydrogen) atoms. The van der Waals surface area contributed by atoms with E-state index in [1.54, 1.807) is 42.5 Å². The number of barbiturate groups is 1. The first-order chi connectivity index (χ1) is 19.0. The van der Waals surface area contributed by atoms with Gasteiger partial charge in [0.2, 0.25) is 0 Å². The Morgan fingerprint density at radius 2 is 1.77 bits per heavy atom. The molecule has 4 rings (SSSR count). The molecular formula is C28H22Cl2IN3O6. The Kier molecular flexibility index (Phi) is 9.02. The normalized spacial score (nSPS) is 14.3. The van der Waals surface area contributed by atoms with E-state index in [2.05, 4.69) is 10.6 Å². The highest BCUT2D eigenvalue weighted by atomic mass is 127. The Bertz CT molecular complexity index is 1590. The smallest absolute Gasteiger partial charge is 0.335 e. The van der Waals surface area contributed by atoms with Crippen LogP contribution in [0.3, 0.4) is 0 Å². The number of imide groups is 2. The molecule has 1 fully saturated rings. The maximum Gasteiger partial charge on any atom is 0.335 e. The van der Waals surface area contributed by atoms with Gasteiger partial charge in [-0.05, 0) is 102 Å². The minimum Gasteiger partial charge on any atom is -0.493 e. The van der Waals surface area contributed by atoms with Crippen molar-refractivity contribution in [2.24, 2.45) is 0 Å². The van der Waals surface area contributed by atoms with Crippen LogP contribution < -0.4 is 25.0 Å². The quantitative estimate of drug-likeness (QED) is 0.181. The first-order valence-electron chi connectivity index (χ1n) is 11.7. The van der Waals surface area contributed by atoms with Gasteiger partial charge in [-0.3, -0.25) is 19.7 Å². The van der Waals surface area contributed by atoms with Crippen molar-refractivity contribution in [3.63, 3.8) is 0 Å². The third kappa shape index (κ3) is 6.40. The molecule has 1 aliphatic heterocycles. The molecule has 12 heteroatoms. The second-order valence-electron chi connectivity index (χ2n) is 8.73. The van der Waals surface area contributed by atoms with E-state index in [0.717, 1.165) is 16.0 Å². The van der Waals surface area contributed by atoms with Crippen molar-refractivity contribution in [3.05, 3.63) is 84.4 Å². The SMILES string of the molecule is COc1cc(/C=C2/C(=O)NC(=O)N(c3ccc(C)c(C)c3)C2=O)cc(I)c1OCC(=O)Nc1ccc(Cl)c(Cl)c1. The highest BCUT2D eigenvalue weighted by Crippen LogP contribution is 2.35. The minimum atomic E-state index is -0.828. The topological polar surface area (TPSA) is 114 Å². The molecule has 1 heterocycles. The lowest BCUT2D eigenvalue weighted by molar-refractivity contribution is -0.122. The molecule has 1 saturated heterocycles. The number of benzene rings is 3. The van der Waals surface area contributed by atoms with Crippen molar-refractivity contribution in [1.82, 2.24) is 5.32 Å². The number of methoxy groups -OCH3 is 1. The van der Waals surface area contributed by atoms with Crippen LogP contribution in [0.25, 0.3) is 6.08 Å². The van der Waals surface area contributed by atoms with Crippen molar-refractivity contribution >= 4 is 87.0 Å². The molecule has 9 nitrogen and oxygen atoms in total.